The van der Waals surface area contributed by atoms with Crippen molar-refractivity contribution in [2.45, 2.75) is 328 Å². The summed E-state index contributed by atoms with van der Waals surface area (Å²) in [4.78, 5) is 25.6. The standard InChI is InChI=1S/C74H135N2O6P/c1-6-8-10-12-14-16-18-20-22-24-26-28-30-32-34-35-36-37-38-39-40-41-42-44-46-48-50-52-54-56-58-60-62-64-66-68-74(78)75-72(71-82-83(79,80)81-70-69-76(3,4)5)73(77)67-65-63-61-59-57-55-53-51-49-47-45-43-33-31-29-27-25-23-21-19-17-15-13-11-9-7-2/h8,10,14,16,20,22,26,28,32,34,36-37,57,59,65,67,72-73,77H,6-7,9,11-13,15,17-19,21,23-25,27,29-31,33,35,38-56,58,60-64,66,68-71H2,1-5H3,(H-,75,78,79,80)/b10-8-,16-14-,22-20-,28-26-,34-32-,37-36-,59-57+,67-65+. The van der Waals surface area contributed by atoms with Crippen LogP contribution in [0.3, 0.4) is 0 Å². The van der Waals surface area contributed by atoms with Gasteiger partial charge in [-0.15, -0.1) is 0 Å². The summed E-state index contributed by atoms with van der Waals surface area (Å²) >= 11 is 0. The van der Waals surface area contributed by atoms with Crippen molar-refractivity contribution in [3.05, 3.63) is 97.2 Å². The van der Waals surface area contributed by atoms with Crippen molar-refractivity contribution >= 4 is 13.7 Å². The van der Waals surface area contributed by atoms with Crippen LogP contribution in [-0.2, 0) is 18.4 Å². The predicted octanol–water partition coefficient (Wildman–Crippen LogP) is 21.9. The Morgan fingerprint density at radius 1 is 0.434 bits per heavy atom. The van der Waals surface area contributed by atoms with E-state index in [0.717, 1.165) is 77.0 Å². The molecule has 0 saturated heterocycles. The number of phosphoric ester groups is 1. The molecule has 0 aromatic heterocycles. The second kappa shape index (κ2) is 63.9. The number of aliphatic hydroxyl groups is 1. The molecule has 0 radical (unpaired) electrons. The number of phosphoric acid groups is 1. The Hall–Kier alpha value is -2.58. The maximum Gasteiger partial charge on any atom is 0.268 e. The molecule has 9 heteroatoms. The molecule has 0 saturated carbocycles. The van der Waals surface area contributed by atoms with Crippen LogP contribution in [0.2, 0.25) is 0 Å². The van der Waals surface area contributed by atoms with E-state index in [1.54, 1.807) is 6.08 Å². The summed E-state index contributed by atoms with van der Waals surface area (Å²) in [5.41, 5.74) is 0. The maximum absolute atomic E-state index is 13.0. The highest BCUT2D eigenvalue weighted by Gasteiger charge is 2.23. The van der Waals surface area contributed by atoms with Gasteiger partial charge >= 0.3 is 0 Å². The van der Waals surface area contributed by atoms with Gasteiger partial charge in [0.2, 0.25) is 5.91 Å². The summed E-state index contributed by atoms with van der Waals surface area (Å²) in [6.45, 7) is 4.55. The van der Waals surface area contributed by atoms with Crippen molar-refractivity contribution in [2.24, 2.45) is 0 Å². The van der Waals surface area contributed by atoms with Crippen molar-refractivity contribution < 1.29 is 32.9 Å². The average molecular weight is 1180 g/mol. The zero-order chi connectivity index (χ0) is 60.5. The number of allylic oxidation sites excluding steroid dienone is 15. The molecule has 8 nitrogen and oxygen atoms in total. The molecular weight excluding hydrogens is 1040 g/mol. The van der Waals surface area contributed by atoms with E-state index >= 15 is 0 Å². The zero-order valence-corrected chi connectivity index (χ0v) is 56.0. The van der Waals surface area contributed by atoms with E-state index in [1.165, 1.54) is 218 Å². The van der Waals surface area contributed by atoms with Gasteiger partial charge in [-0.25, -0.2) is 0 Å². The zero-order valence-electron chi connectivity index (χ0n) is 55.1. The molecule has 0 fully saturated rings. The minimum absolute atomic E-state index is 0.00859. The molecule has 0 aromatic rings. The van der Waals surface area contributed by atoms with Gasteiger partial charge in [-0.2, -0.15) is 0 Å². The van der Waals surface area contributed by atoms with Crippen molar-refractivity contribution in [1.82, 2.24) is 5.32 Å². The highest BCUT2D eigenvalue weighted by atomic mass is 31.2. The van der Waals surface area contributed by atoms with Gasteiger partial charge in [0.15, 0.2) is 0 Å². The van der Waals surface area contributed by atoms with E-state index in [-0.39, 0.29) is 12.5 Å². The third-order valence-electron chi connectivity index (χ3n) is 15.5. The average Bonchev–Trinajstić information content (AvgIpc) is 3.49. The van der Waals surface area contributed by atoms with E-state index in [1.807, 2.05) is 27.2 Å². The number of amides is 1. The van der Waals surface area contributed by atoms with Crippen LogP contribution in [0, 0.1) is 0 Å². The number of hydrogen-bond acceptors (Lipinski definition) is 6. The van der Waals surface area contributed by atoms with E-state index in [2.05, 4.69) is 104 Å². The summed E-state index contributed by atoms with van der Waals surface area (Å²) in [6.07, 6.45) is 92.4. The SMILES string of the molecule is CC/C=C\C/C=C\C/C=C\C/C=C\C/C=C\C/C=C\CCCCCCCCCCCCCCCCCCC(=O)NC(COP(=O)([O-])OCC[N+](C)(C)C)C(O)/C=C/CC/C=C/CCCCCCCCCCCCCCCCCCCCCC. The molecule has 0 spiro atoms. The fraction of sp³-hybridized carbons (Fsp3) is 0.770. The quantitative estimate of drug-likeness (QED) is 0.0272. The van der Waals surface area contributed by atoms with E-state index < -0.39 is 26.6 Å². The number of nitrogens with zero attached hydrogens (tertiary/aromatic N) is 1. The highest BCUT2D eigenvalue weighted by Crippen LogP contribution is 2.38. The lowest BCUT2D eigenvalue weighted by Gasteiger charge is -2.29. The largest absolute Gasteiger partial charge is 0.756 e. The van der Waals surface area contributed by atoms with Gasteiger partial charge in [-0.05, 0) is 83.5 Å². The van der Waals surface area contributed by atoms with Crippen molar-refractivity contribution in [3.63, 3.8) is 0 Å². The Bertz CT molecular complexity index is 1670. The van der Waals surface area contributed by atoms with Crippen LogP contribution < -0.4 is 10.2 Å². The number of aliphatic hydroxyl groups excluding tert-OH is 1. The van der Waals surface area contributed by atoms with Gasteiger partial charge in [-0.3, -0.25) is 9.36 Å². The smallest absolute Gasteiger partial charge is 0.268 e. The molecule has 0 aromatic carbocycles. The Morgan fingerprint density at radius 3 is 1.12 bits per heavy atom. The van der Waals surface area contributed by atoms with Crippen LogP contribution >= 0.6 is 7.82 Å². The number of carbonyl (C=O) groups excluding carboxylic acids is 1. The third kappa shape index (κ3) is 66.8. The molecule has 3 atom stereocenters. The van der Waals surface area contributed by atoms with Crippen molar-refractivity contribution in [3.8, 4) is 0 Å². The van der Waals surface area contributed by atoms with Gasteiger partial charge in [0.1, 0.15) is 13.2 Å². The maximum atomic E-state index is 13.0. The molecule has 0 bridgehead atoms. The minimum atomic E-state index is -4.62. The topological polar surface area (TPSA) is 108 Å². The molecule has 0 rings (SSSR count). The third-order valence-corrected chi connectivity index (χ3v) is 16.5. The normalized spacial score (nSPS) is 14.3. The van der Waals surface area contributed by atoms with Crippen LogP contribution in [0.5, 0.6) is 0 Å². The summed E-state index contributed by atoms with van der Waals surface area (Å²) in [6, 6.07) is -0.909. The lowest BCUT2D eigenvalue weighted by atomic mass is 10.0. The van der Waals surface area contributed by atoms with Crippen LogP contribution in [0.1, 0.15) is 316 Å². The highest BCUT2D eigenvalue weighted by molar-refractivity contribution is 7.45. The van der Waals surface area contributed by atoms with Gasteiger partial charge in [0.25, 0.3) is 7.82 Å². The number of likely N-dealkylation sites (N-methyl/N-ethyl adjacent to an activating group) is 1. The molecule has 0 aliphatic rings. The van der Waals surface area contributed by atoms with Crippen LogP contribution in [0.4, 0.5) is 0 Å². The van der Waals surface area contributed by atoms with Gasteiger partial charge < -0.3 is 28.8 Å². The Kier molecular flexibility index (Phi) is 61.9. The number of hydrogen-bond donors (Lipinski definition) is 2. The molecule has 482 valence electrons. The minimum Gasteiger partial charge on any atom is -0.756 e. The van der Waals surface area contributed by atoms with Gasteiger partial charge in [-0.1, -0.05) is 323 Å². The van der Waals surface area contributed by atoms with Gasteiger partial charge in [0.05, 0.1) is 39.9 Å². The Morgan fingerprint density at radius 2 is 0.747 bits per heavy atom. The van der Waals surface area contributed by atoms with Crippen molar-refractivity contribution in [2.75, 3.05) is 40.9 Å². The first-order valence-electron chi connectivity index (χ1n) is 35.1. The second-order valence-electron chi connectivity index (χ2n) is 24.8. The molecule has 0 aliphatic carbocycles. The van der Waals surface area contributed by atoms with Crippen LogP contribution in [0.25, 0.3) is 0 Å². The van der Waals surface area contributed by atoms with E-state index in [9.17, 15) is 19.4 Å². The van der Waals surface area contributed by atoms with Gasteiger partial charge in [0, 0.05) is 6.42 Å². The number of unbranched alkanes of at least 4 members (excludes halogenated alkanes) is 37. The Labute approximate surface area is 515 Å². The molecule has 1 amide bonds. The first-order valence-corrected chi connectivity index (χ1v) is 36.6. The van der Waals surface area contributed by atoms with E-state index in [0.29, 0.717) is 17.4 Å². The first-order chi connectivity index (χ1) is 40.5. The lowest BCUT2D eigenvalue weighted by molar-refractivity contribution is -0.870. The predicted molar refractivity (Wildman–Crippen MR) is 362 cm³/mol. The van der Waals surface area contributed by atoms with Crippen LogP contribution in [0.15, 0.2) is 97.2 Å². The fourth-order valence-electron chi connectivity index (χ4n) is 10.1. The summed E-state index contributed by atoms with van der Waals surface area (Å²) in [5.74, 6) is -0.206. The summed E-state index contributed by atoms with van der Waals surface area (Å²) in [7, 11) is 1.25. The van der Waals surface area contributed by atoms with E-state index in [4.69, 9.17) is 9.05 Å². The second-order valence-corrected chi connectivity index (χ2v) is 26.3. The van der Waals surface area contributed by atoms with Crippen LogP contribution in [-0.4, -0.2) is 68.5 Å². The molecular formula is C74H135N2O6P. The molecule has 3 unspecified atom stereocenters. The summed E-state index contributed by atoms with van der Waals surface area (Å²) < 4.78 is 23.4. The first kappa shape index (κ1) is 80.4. The van der Waals surface area contributed by atoms with Crippen molar-refractivity contribution in [1.29, 1.82) is 0 Å². The Balaban J connectivity index is 4.10. The molecule has 2 N–H and O–H groups in total. The number of rotatable bonds is 64. The molecule has 0 heterocycles. The number of carbonyl (C=O) groups is 1. The summed E-state index contributed by atoms with van der Waals surface area (Å²) in [5, 5.41) is 13.9. The number of nitrogens with one attached hydrogen (secondary N) is 1. The number of quaternary nitrogens is 1. The molecule has 83 heavy (non-hydrogen) atoms. The lowest BCUT2D eigenvalue weighted by Crippen LogP contribution is -2.45. The molecule has 0 aliphatic heterocycles. The monoisotopic (exact) mass is 1180 g/mol. The fourth-order valence-corrected chi connectivity index (χ4v) is 10.8.